The second-order valence-electron chi connectivity index (χ2n) is 5.51. The number of hydrogen-bond donors (Lipinski definition) is 1. The number of carbonyl (C=O) groups excluding carboxylic acids is 1. The molecular formula is C15H20BrNO2. The van der Waals surface area contributed by atoms with Crippen molar-refractivity contribution in [2.45, 2.75) is 44.5 Å². The van der Waals surface area contributed by atoms with E-state index in [4.69, 9.17) is 4.74 Å². The Morgan fingerprint density at radius 1 is 1.42 bits per heavy atom. The lowest BCUT2D eigenvalue weighted by atomic mass is 10.0. The predicted molar refractivity (Wildman–Crippen MR) is 81.0 cm³/mol. The highest BCUT2D eigenvalue weighted by Crippen LogP contribution is 2.31. The molecule has 2 atom stereocenters. The minimum atomic E-state index is -0.414. The molecular weight excluding hydrogens is 306 g/mol. The van der Waals surface area contributed by atoms with Crippen LogP contribution in [-0.4, -0.2) is 16.8 Å². The van der Waals surface area contributed by atoms with Crippen molar-refractivity contribution in [3.8, 4) is 5.75 Å². The van der Waals surface area contributed by atoms with E-state index in [1.54, 1.807) is 6.92 Å². The summed E-state index contributed by atoms with van der Waals surface area (Å²) in [6, 6.07) is 6.01. The van der Waals surface area contributed by atoms with Gasteiger partial charge in [-0.2, -0.15) is 0 Å². The van der Waals surface area contributed by atoms with Gasteiger partial charge < -0.3 is 10.1 Å². The quantitative estimate of drug-likeness (QED) is 0.856. The number of amides is 1. The molecule has 1 N–H and O–H groups in total. The van der Waals surface area contributed by atoms with Crippen molar-refractivity contribution >= 4 is 27.5 Å². The summed E-state index contributed by atoms with van der Waals surface area (Å²) in [5, 5.41) is 2.88. The molecule has 1 amide bonds. The molecule has 0 saturated carbocycles. The average molecular weight is 326 g/mol. The summed E-state index contributed by atoms with van der Waals surface area (Å²) in [5.74, 6) is 1.35. The van der Waals surface area contributed by atoms with E-state index in [0.29, 0.717) is 10.7 Å². The molecule has 3 nitrogen and oxygen atoms in total. The first-order valence-corrected chi connectivity index (χ1v) is 7.61. The van der Waals surface area contributed by atoms with Gasteiger partial charge in [-0.15, -0.1) is 0 Å². The maximum absolute atomic E-state index is 11.6. The summed E-state index contributed by atoms with van der Waals surface area (Å²) in [6.07, 6.45) is 1.68. The number of halogens is 1. The molecule has 0 spiro atoms. The molecule has 0 fully saturated rings. The number of carbonyl (C=O) groups is 1. The largest absolute Gasteiger partial charge is 0.479 e. The van der Waals surface area contributed by atoms with Crippen LogP contribution in [0.25, 0.3) is 0 Å². The highest BCUT2D eigenvalue weighted by atomic mass is 79.9. The fraction of sp³-hybridized carbons (Fsp3) is 0.533. The number of fused-ring (bicyclic) bond motifs is 1. The average Bonchev–Trinajstić information content (AvgIpc) is 2.30. The molecule has 0 saturated heterocycles. The normalized spacial score (nSPS) is 19.6. The number of alkyl halides is 1. The zero-order chi connectivity index (χ0) is 14.0. The Bertz CT molecular complexity index is 473. The zero-order valence-electron chi connectivity index (χ0n) is 11.6. The maximum Gasteiger partial charge on any atom is 0.265 e. The minimum absolute atomic E-state index is 0.0813. The van der Waals surface area contributed by atoms with Gasteiger partial charge in [0.15, 0.2) is 6.10 Å². The number of ether oxygens (including phenoxy) is 1. The summed E-state index contributed by atoms with van der Waals surface area (Å²) in [5.41, 5.74) is 1.99. The van der Waals surface area contributed by atoms with Crippen LogP contribution in [-0.2, 0) is 11.2 Å². The van der Waals surface area contributed by atoms with Gasteiger partial charge in [0.05, 0.1) is 5.69 Å². The molecule has 19 heavy (non-hydrogen) atoms. The first-order valence-electron chi connectivity index (χ1n) is 6.70. The molecule has 1 heterocycles. The van der Waals surface area contributed by atoms with Gasteiger partial charge in [0, 0.05) is 4.83 Å². The van der Waals surface area contributed by atoms with Gasteiger partial charge in [0.2, 0.25) is 0 Å². The van der Waals surface area contributed by atoms with E-state index in [1.165, 1.54) is 5.56 Å². The zero-order valence-corrected chi connectivity index (χ0v) is 13.2. The Morgan fingerprint density at radius 3 is 2.84 bits per heavy atom. The van der Waals surface area contributed by atoms with Crippen LogP contribution in [0, 0.1) is 5.92 Å². The second-order valence-corrected chi connectivity index (χ2v) is 6.81. The third-order valence-electron chi connectivity index (χ3n) is 3.16. The van der Waals surface area contributed by atoms with Gasteiger partial charge in [0.25, 0.3) is 5.91 Å². The van der Waals surface area contributed by atoms with E-state index in [2.05, 4.69) is 41.2 Å². The van der Waals surface area contributed by atoms with Crippen molar-refractivity contribution in [2.75, 3.05) is 5.32 Å². The Balaban J connectivity index is 2.09. The van der Waals surface area contributed by atoms with E-state index in [9.17, 15) is 4.79 Å². The van der Waals surface area contributed by atoms with Gasteiger partial charge in [0.1, 0.15) is 5.75 Å². The lowest BCUT2D eigenvalue weighted by Crippen LogP contribution is -2.34. The molecule has 0 radical (unpaired) electrons. The van der Waals surface area contributed by atoms with Gasteiger partial charge in [-0.05, 0) is 43.4 Å². The maximum atomic E-state index is 11.6. The molecule has 2 rings (SSSR count). The van der Waals surface area contributed by atoms with Crippen molar-refractivity contribution in [3.05, 3.63) is 23.8 Å². The Labute approximate surface area is 122 Å². The van der Waals surface area contributed by atoms with Gasteiger partial charge in [-0.25, -0.2) is 0 Å². The number of anilines is 1. The molecule has 2 unspecified atom stereocenters. The number of hydrogen-bond acceptors (Lipinski definition) is 2. The minimum Gasteiger partial charge on any atom is -0.479 e. The summed E-state index contributed by atoms with van der Waals surface area (Å²) in [6.45, 7) is 6.19. The molecule has 4 heteroatoms. The molecule has 1 aromatic rings. The van der Waals surface area contributed by atoms with E-state index in [0.717, 1.165) is 24.3 Å². The van der Waals surface area contributed by atoms with Crippen molar-refractivity contribution < 1.29 is 9.53 Å². The SMILES string of the molecule is CC(C)CC(Br)Cc1ccc2c(c1)NC(=O)C(C)O2. The van der Waals surface area contributed by atoms with Gasteiger partial charge >= 0.3 is 0 Å². The van der Waals surface area contributed by atoms with Crippen LogP contribution in [0.2, 0.25) is 0 Å². The molecule has 0 bridgehead atoms. The summed E-state index contributed by atoms with van der Waals surface area (Å²) in [7, 11) is 0. The molecule has 0 aliphatic carbocycles. The number of rotatable bonds is 4. The Hall–Kier alpha value is -1.03. The third kappa shape index (κ3) is 3.72. The molecule has 1 aliphatic rings. The lowest BCUT2D eigenvalue weighted by molar-refractivity contribution is -0.122. The predicted octanol–water partition coefficient (Wildman–Crippen LogP) is 3.76. The van der Waals surface area contributed by atoms with Crippen LogP contribution >= 0.6 is 15.9 Å². The van der Waals surface area contributed by atoms with E-state index < -0.39 is 6.10 Å². The van der Waals surface area contributed by atoms with Crippen molar-refractivity contribution in [3.63, 3.8) is 0 Å². The van der Waals surface area contributed by atoms with Crippen molar-refractivity contribution in [1.82, 2.24) is 0 Å². The third-order valence-corrected chi connectivity index (χ3v) is 3.86. The van der Waals surface area contributed by atoms with Crippen LogP contribution in [0.3, 0.4) is 0 Å². The van der Waals surface area contributed by atoms with Crippen LogP contribution in [0.4, 0.5) is 5.69 Å². The van der Waals surface area contributed by atoms with Crippen molar-refractivity contribution in [1.29, 1.82) is 0 Å². The standard InChI is InChI=1S/C15H20BrNO2/c1-9(2)6-12(16)7-11-4-5-14-13(8-11)17-15(18)10(3)19-14/h4-5,8-10,12H,6-7H2,1-3H3,(H,17,18). The van der Waals surface area contributed by atoms with Gasteiger partial charge in [-0.3, -0.25) is 4.79 Å². The van der Waals surface area contributed by atoms with E-state index >= 15 is 0 Å². The van der Waals surface area contributed by atoms with Crippen LogP contribution in [0.15, 0.2) is 18.2 Å². The number of nitrogens with one attached hydrogen (secondary N) is 1. The monoisotopic (exact) mass is 325 g/mol. The smallest absolute Gasteiger partial charge is 0.265 e. The fourth-order valence-electron chi connectivity index (χ4n) is 2.23. The number of benzene rings is 1. The van der Waals surface area contributed by atoms with Crippen molar-refractivity contribution in [2.24, 2.45) is 5.92 Å². The Kier molecular flexibility index (Phi) is 4.50. The molecule has 0 aromatic heterocycles. The Morgan fingerprint density at radius 2 is 2.16 bits per heavy atom. The molecule has 1 aliphatic heterocycles. The van der Waals surface area contributed by atoms with E-state index in [1.807, 2.05) is 12.1 Å². The van der Waals surface area contributed by atoms with Crippen LogP contribution < -0.4 is 10.1 Å². The van der Waals surface area contributed by atoms with Gasteiger partial charge in [-0.1, -0.05) is 35.8 Å². The first kappa shape index (κ1) is 14.4. The summed E-state index contributed by atoms with van der Waals surface area (Å²) >= 11 is 3.71. The van der Waals surface area contributed by atoms with Crippen LogP contribution in [0.5, 0.6) is 5.75 Å². The fourth-order valence-corrected chi connectivity index (χ4v) is 3.35. The summed E-state index contributed by atoms with van der Waals surface area (Å²) in [4.78, 5) is 12.1. The molecule has 1 aromatic carbocycles. The lowest BCUT2D eigenvalue weighted by Gasteiger charge is -2.24. The highest BCUT2D eigenvalue weighted by molar-refractivity contribution is 9.09. The first-order chi connectivity index (χ1) is 8.95. The van der Waals surface area contributed by atoms with Crippen LogP contribution in [0.1, 0.15) is 32.8 Å². The highest BCUT2D eigenvalue weighted by Gasteiger charge is 2.23. The summed E-state index contributed by atoms with van der Waals surface area (Å²) < 4.78 is 5.54. The molecule has 104 valence electrons. The van der Waals surface area contributed by atoms with E-state index in [-0.39, 0.29) is 5.91 Å². The topological polar surface area (TPSA) is 38.3 Å². The second kappa shape index (κ2) is 5.95.